The second-order valence-corrected chi connectivity index (χ2v) is 7.76. The molecule has 0 bridgehead atoms. The van der Waals surface area contributed by atoms with Gasteiger partial charge in [-0.2, -0.15) is 0 Å². The summed E-state index contributed by atoms with van der Waals surface area (Å²) in [5.74, 6) is 0. The number of hydrogen-bond acceptors (Lipinski definition) is 4. The normalized spacial score (nSPS) is 13.0. The number of nitrogens with zero attached hydrogens (tertiary/aromatic N) is 1. The van der Waals surface area contributed by atoms with Crippen LogP contribution >= 0.6 is 0 Å². The summed E-state index contributed by atoms with van der Waals surface area (Å²) in [6, 6.07) is 6.26. The predicted molar refractivity (Wildman–Crippen MR) is 86.1 cm³/mol. The molecule has 22 heavy (non-hydrogen) atoms. The van der Waals surface area contributed by atoms with Crippen molar-refractivity contribution < 1.29 is 19.3 Å². The molecule has 1 rings (SSSR count). The summed E-state index contributed by atoms with van der Waals surface area (Å²) in [7, 11) is -4.01. The van der Waals surface area contributed by atoms with E-state index in [4.69, 9.17) is 6.11 Å². The van der Waals surface area contributed by atoms with Crippen LogP contribution in [0.15, 0.2) is 41.8 Å². The topological polar surface area (TPSA) is 63.7 Å². The van der Waals surface area contributed by atoms with E-state index < -0.39 is 21.7 Å². The number of rotatable bonds is 5. The molecule has 0 aliphatic heterocycles. The van der Waals surface area contributed by atoms with Gasteiger partial charge in [0.25, 0.3) is 10.0 Å². The highest BCUT2D eigenvalue weighted by atomic mass is 32.2. The zero-order valence-electron chi connectivity index (χ0n) is 14.4. The van der Waals surface area contributed by atoms with E-state index in [2.05, 4.69) is 0 Å². The minimum Gasteiger partial charge on any atom is -0.443 e. The minimum atomic E-state index is -4.01. The molecule has 0 aromatic heterocycles. The fourth-order valence-corrected chi connectivity index (χ4v) is 2.97. The number of sulfonamides is 1. The zero-order chi connectivity index (χ0) is 17.7. The molecule has 1 aromatic rings. The molecule has 0 unspecified atom stereocenters. The Bertz CT molecular complexity index is 660. The molecule has 0 saturated carbocycles. The minimum absolute atomic E-state index is 0.0313. The van der Waals surface area contributed by atoms with Crippen LogP contribution in [-0.4, -0.2) is 31.0 Å². The summed E-state index contributed by atoms with van der Waals surface area (Å²) < 4.78 is 38.3. The molecule has 0 saturated heterocycles. The molecule has 122 valence electrons. The quantitative estimate of drug-likeness (QED) is 0.777. The van der Waals surface area contributed by atoms with Crippen LogP contribution in [0.25, 0.3) is 0 Å². The first-order valence-electron chi connectivity index (χ1n) is 7.51. The van der Waals surface area contributed by atoms with Crippen molar-refractivity contribution in [1.29, 1.82) is 0 Å². The standard InChI is InChI=1S/C16H23NO4S/c1-6-7-12-17(15(18)21-16(3,4)5)22(19,20)14-10-8-13(2)9-11-14/h6,8-11H,1,7,12H2,2-5H3/i1D. The van der Waals surface area contributed by atoms with Crippen LogP contribution in [0.4, 0.5) is 4.79 Å². The Balaban J connectivity index is 3.15. The molecule has 1 aromatic carbocycles. The van der Waals surface area contributed by atoms with Gasteiger partial charge in [-0.3, -0.25) is 0 Å². The number of hydrogen-bond donors (Lipinski definition) is 0. The van der Waals surface area contributed by atoms with Crippen molar-refractivity contribution in [3.05, 3.63) is 42.5 Å². The fourth-order valence-electron chi connectivity index (χ4n) is 1.65. The number of ether oxygens (including phenoxy) is 1. The maximum absolute atomic E-state index is 12.7. The van der Waals surface area contributed by atoms with Crippen molar-refractivity contribution in [3.63, 3.8) is 0 Å². The fraction of sp³-hybridized carbons (Fsp3) is 0.438. The summed E-state index contributed by atoms with van der Waals surface area (Å²) in [5, 5.41) is 0. The smallest absolute Gasteiger partial charge is 0.424 e. The van der Waals surface area contributed by atoms with Crippen LogP contribution in [0.5, 0.6) is 0 Å². The SMILES string of the molecule is [2H]C=CCCN(C(=O)OC(C)(C)C)S(=O)(=O)c1ccc(C)cc1. The molecule has 0 radical (unpaired) electrons. The van der Waals surface area contributed by atoms with Crippen molar-refractivity contribution in [2.75, 3.05) is 6.54 Å². The van der Waals surface area contributed by atoms with E-state index in [0.717, 1.165) is 12.1 Å². The van der Waals surface area contributed by atoms with E-state index in [1.165, 1.54) is 18.2 Å². The number of benzene rings is 1. The molecule has 6 heteroatoms. The Morgan fingerprint density at radius 3 is 2.45 bits per heavy atom. The van der Waals surface area contributed by atoms with Gasteiger partial charge in [0.2, 0.25) is 0 Å². The van der Waals surface area contributed by atoms with E-state index in [-0.39, 0.29) is 17.9 Å². The van der Waals surface area contributed by atoms with Crippen molar-refractivity contribution in [2.24, 2.45) is 0 Å². The summed E-state index contributed by atoms with van der Waals surface area (Å²) in [6.07, 6.45) is 0.798. The van der Waals surface area contributed by atoms with Crippen LogP contribution in [0.1, 0.15) is 34.1 Å². The molecule has 5 nitrogen and oxygen atoms in total. The number of aryl methyl sites for hydroxylation is 1. The molecule has 0 heterocycles. The Kier molecular flexibility index (Phi) is 5.24. The van der Waals surface area contributed by atoms with Gasteiger partial charge >= 0.3 is 6.09 Å². The first kappa shape index (κ1) is 16.5. The monoisotopic (exact) mass is 326 g/mol. The van der Waals surface area contributed by atoms with E-state index in [0.29, 0.717) is 4.31 Å². The number of carbonyl (C=O) groups excluding carboxylic acids is 1. The van der Waals surface area contributed by atoms with E-state index >= 15 is 0 Å². The molecule has 0 aliphatic rings. The molecule has 0 spiro atoms. The molecule has 0 fully saturated rings. The largest absolute Gasteiger partial charge is 0.443 e. The Morgan fingerprint density at radius 2 is 1.95 bits per heavy atom. The second kappa shape index (κ2) is 6.96. The molecule has 0 aliphatic carbocycles. The third kappa shape index (κ3) is 4.87. The summed E-state index contributed by atoms with van der Waals surface area (Å²) >= 11 is 0. The average Bonchev–Trinajstić information content (AvgIpc) is 2.41. The van der Waals surface area contributed by atoms with Crippen molar-refractivity contribution in [2.45, 2.75) is 44.6 Å². The summed E-state index contributed by atoms with van der Waals surface area (Å²) in [6.45, 7) is 7.84. The van der Waals surface area contributed by atoms with Gasteiger partial charge < -0.3 is 4.74 Å². The lowest BCUT2D eigenvalue weighted by atomic mass is 10.2. The Morgan fingerprint density at radius 1 is 1.36 bits per heavy atom. The van der Waals surface area contributed by atoms with Gasteiger partial charge in [-0.05, 0) is 46.2 Å². The summed E-state index contributed by atoms with van der Waals surface area (Å²) in [4.78, 5) is 12.3. The Labute approximate surface area is 134 Å². The highest BCUT2D eigenvalue weighted by Gasteiger charge is 2.32. The highest BCUT2D eigenvalue weighted by Crippen LogP contribution is 2.20. The van der Waals surface area contributed by atoms with Gasteiger partial charge in [0, 0.05) is 6.54 Å². The summed E-state index contributed by atoms with van der Waals surface area (Å²) in [5.41, 5.74) is 0.119. The van der Waals surface area contributed by atoms with Gasteiger partial charge in [-0.1, -0.05) is 23.8 Å². The van der Waals surface area contributed by atoms with Gasteiger partial charge in [0.15, 0.2) is 0 Å². The first-order chi connectivity index (χ1) is 10.6. The molecular formula is C16H23NO4S. The predicted octanol–water partition coefficient (Wildman–Crippen LogP) is 3.50. The van der Waals surface area contributed by atoms with Crippen molar-refractivity contribution in [3.8, 4) is 0 Å². The van der Waals surface area contributed by atoms with Gasteiger partial charge in [-0.25, -0.2) is 17.5 Å². The van der Waals surface area contributed by atoms with Crippen LogP contribution in [0.3, 0.4) is 0 Å². The molecule has 0 atom stereocenters. The highest BCUT2D eigenvalue weighted by molar-refractivity contribution is 7.89. The third-order valence-electron chi connectivity index (χ3n) is 2.70. The Hall–Kier alpha value is -1.82. The van der Waals surface area contributed by atoms with Crippen molar-refractivity contribution >= 4 is 16.1 Å². The van der Waals surface area contributed by atoms with E-state index in [9.17, 15) is 13.2 Å². The maximum atomic E-state index is 12.7. The van der Waals surface area contributed by atoms with Crippen LogP contribution < -0.4 is 0 Å². The number of carbonyl (C=O) groups is 1. The molecular weight excluding hydrogens is 302 g/mol. The van der Waals surface area contributed by atoms with E-state index in [1.54, 1.807) is 32.9 Å². The first-order valence-corrected chi connectivity index (χ1v) is 8.38. The average molecular weight is 326 g/mol. The second-order valence-electron chi connectivity index (χ2n) is 5.89. The van der Waals surface area contributed by atoms with Crippen molar-refractivity contribution in [1.82, 2.24) is 4.31 Å². The molecule has 1 amide bonds. The van der Waals surface area contributed by atoms with Crippen LogP contribution in [-0.2, 0) is 14.8 Å². The third-order valence-corrected chi connectivity index (χ3v) is 4.48. The van der Waals surface area contributed by atoms with E-state index in [1.807, 2.05) is 6.92 Å². The van der Waals surface area contributed by atoms with Gasteiger partial charge in [0.1, 0.15) is 5.60 Å². The van der Waals surface area contributed by atoms with Gasteiger partial charge in [-0.15, -0.1) is 6.55 Å². The van der Waals surface area contributed by atoms with Gasteiger partial charge in [0.05, 0.1) is 6.27 Å². The number of amides is 1. The zero-order valence-corrected chi connectivity index (χ0v) is 14.2. The lowest BCUT2D eigenvalue weighted by Gasteiger charge is -2.26. The lowest BCUT2D eigenvalue weighted by Crippen LogP contribution is -2.41. The van der Waals surface area contributed by atoms with Crippen LogP contribution in [0.2, 0.25) is 0 Å². The van der Waals surface area contributed by atoms with Crippen LogP contribution in [0, 0.1) is 6.92 Å². The lowest BCUT2D eigenvalue weighted by molar-refractivity contribution is 0.0393. The maximum Gasteiger partial charge on any atom is 0.424 e. The molecule has 0 N–H and O–H groups in total.